The molecule has 2 aromatic heterocycles. The fourth-order valence-corrected chi connectivity index (χ4v) is 10.3. The van der Waals surface area contributed by atoms with Gasteiger partial charge in [0.2, 0.25) is 5.16 Å². The van der Waals surface area contributed by atoms with Crippen LogP contribution in [-0.4, -0.2) is 50.5 Å². The molecule has 33 heavy (non-hydrogen) atoms. The number of thioether (sulfide) groups is 1. The van der Waals surface area contributed by atoms with Gasteiger partial charge in [-0.3, -0.25) is 0 Å². The zero-order chi connectivity index (χ0) is 24.1. The van der Waals surface area contributed by atoms with Crippen LogP contribution in [0.3, 0.4) is 0 Å². The van der Waals surface area contributed by atoms with Crippen LogP contribution in [0.2, 0.25) is 0 Å². The van der Waals surface area contributed by atoms with Crippen LogP contribution in [-0.2, 0) is 12.8 Å². The van der Waals surface area contributed by atoms with Gasteiger partial charge in [-0.1, -0.05) is 65.1 Å². The van der Waals surface area contributed by atoms with Crippen molar-refractivity contribution in [2.24, 2.45) is 0 Å². The van der Waals surface area contributed by atoms with Crippen molar-refractivity contribution in [2.45, 2.75) is 110 Å². The summed E-state index contributed by atoms with van der Waals surface area (Å²) < 4.78 is 1.33. The Morgan fingerprint density at radius 3 is 1.82 bits per heavy atom. The molecule has 0 spiro atoms. The Kier molecular flexibility index (Phi) is 13.1. The number of hydrogen-bond acceptors (Lipinski definition) is 5. The molecule has 2 heterocycles. The maximum atomic E-state index is 12.1. The molecule has 1 aliphatic carbocycles. The van der Waals surface area contributed by atoms with Crippen LogP contribution in [0.1, 0.15) is 103 Å². The van der Waals surface area contributed by atoms with Crippen molar-refractivity contribution in [2.75, 3.05) is 30.9 Å². The van der Waals surface area contributed by atoms with Crippen molar-refractivity contribution in [3.8, 4) is 5.88 Å². The van der Waals surface area contributed by atoms with Crippen LogP contribution in [0.15, 0.2) is 5.16 Å². The van der Waals surface area contributed by atoms with Crippen molar-refractivity contribution >= 4 is 24.8 Å². The van der Waals surface area contributed by atoms with Crippen molar-refractivity contribution in [1.29, 1.82) is 0 Å². The first-order chi connectivity index (χ1) is 16.0. The SMILES string of the molecule is CCCC[P+](CCCC)(CCCC)CCCC.CSc1nc2nc3c(c([O-])n2n1)CCCC3. The molecule has 0 saturated heterocycles. The van der Waals surface area contributed by atoms with Crippen molar-refractivity contribution in [3.63, 3.8) is 0 Å². The first kappa shape index (κ1) is 28.4. The number of aryl methyl sites for hydroxylation is 1. The van der Waals surface area contributed by atoms with E-state index in [1.54, 1.807) is 24.6 Å². The molecule has 7 heteroatoms. The highest BCUT2D eigenvalue weighted by Gasteiger charge is 2.34. The lowest BCUT2D eigenvalue weighted by Crippen LogP contribution is -2.14. The maximum Gasteiger partial charge on any atom is 0.252 e. The van der Waals surface area contributed by atoms with E-state index in [4.69, 9.17) is 0 Å². The third-order valence-electron chi connectivity index (χ3n) is 6.82. The van der Waals surface area contributed by atoms with E-state index in [1.165, 1.54) is 67.6 Å². The minimum Gasteiger partial charge on any atom is -0.858 e. The third kappa shape index (κ3) is 8.38. The van der Waals surface area contributed by atoms with Crippen molar-refractivity contribution in [3.05, 3.63) is 11.3 Å². The van der Waals surface area contributed by atoms with Gasteiger partial charge >= 0.3 is 0 Å². The fourth-order valence-electron chi connectivity index (χ4n) is 4.72. The van der Waals surface area contributed by atoms with Crippen LogP contribution >= 0.6 is 19.0 Å². The standard InChI is InChI=1S/C16H36P.C10H12N4OS/c1-5-9-13-17(14-10-6-2,15-11-7-3)16-12-8-4;1-16-10-12-9-11-7-5-3-2-4-6(7)8(15)14(9)13-10/h5-16H2,1-4H3;15H,2-5H2,1H3/q+1;/p-1. The van der Waals surface area contributed by atoms with E-state index < -0.39 is 7.26 Å². The molecule has 0 aliphatic heterocycles. The number of nitrogens with zero attached hydrogens (tertiary/aromatic N) is 4. The zero-order valence-electron chi connectivity index (χ0n) is 21.9. The molecule has 0 atom stereocenters. The first-order valence-corrected chi connectivity index (χ1v) is 17.1. The van der Waals surface area contributed by atoms with Crippen LogP contribution in [0.25, 0.3) is 5.78 Å². The normalized spacial score (nSPS) is 13.6. The Balaban J connectivity index is 0.000000233. The predicted octanol–water partition coefficient (Wildman–Crippen LogP) is 7.00. The largest absolute Gasteiger partial charge is 0.858 e. The van der Waals surface area contributed by atoms with Gasteiger partial charge in [-0.15, -0.1) is 5.10 Å². The van der Waals surface area contributed by atoms with Crippen molar-refractivity contribution in [1.82, 2.24) is 19.6 Å². The van der Waals surface area contributed by atoms with Crippen molar-refractivity contribution < 1.29 is 5.11 Å². The van der Waals surface area contributed by atoms with Gasteiger partial charge in [0.15, 0.2) is 0 Å². The van der Waals surface area contributed by atoms with E-state index in [2.05, 4.69) is 42.8 Å². The summed E-state index contributed by atoms with van der Waals surface area (Å²) in [6, 6.07) is 0. The summed E-state index contributed by atoms with van der Waals surface area (Å²) in [7, 11) is -0.562. The van der Waals surface area contributed by atoms with E-state index in [1.807, 2.05) is 6.26 Å². The van der Waals surface area contributed by atoms with Crippen LogP contribution < -0.4 is 5.11 Å². The molecule has 0 fully saturated rings. The van der Waals surface area contributed by atoms with Gasteiger partial charge in [0.1, 0.15) is 0 Å². The highest BCUT2D eigenvalue weighted by Crippen LogP contribution is 2.61. The second-order valence-electron chi connectivity index (χ2n) is 9.51. The molecule has 0 radical (unpaired) electrons. The number of fused-ring (bicyclic) bond motifs is 2. The summed E-state index contributed by atoms with van der Waals surface area (Å²) in [5.41, 5.74) is 1.75. The van der Waals surface area contributed by atoms with Gasteiger partial charge < -0.3 is 5.11 Å². The predicted molar refractivity (Wildman–Crippen MR) is 145 cm³/mol. The monoisotopic (exact) mass is 494 g/mol. The highest BCUT2D eigenvalue weighted by molar-refractivity contribution is 7.98. The van der Waals surface area contributed by atoms with E-state index in [-0.39, 0.29) is 5.88 Å². The molecular weight excluding hydrogens is 447 g/mol. The Labute approximate surface area is 207 Å². The minimum atomic E-state index is -0.562. The molecule has 0 saturated carbocycles. The average molecular weight is 495 g/mol. The summed E-state index contributed by atoms with van der Waals surface area (Å²) in [5.74, 6) is 0.405. The lowest BCUT2D eigenvalue weighted by atomic mass is 9.97. The van der Waals surface area contributed by atoms with Crippen LogP contribution in [0, 0.1) is 0 Å². The lowest BCUT2D eigenvalue weighted by Gasteiger charge is -2.28. The molecule has 1 aliphatic rings. The molecule has 3 rings (SSSR count). The van der Waals surface area contributed by atoms with Gasteiger partial charge in [0, 0.05) is 13.0 Å². The molecule has 2 aromatic rings. The van der Waals surface area contributed by atoms with E-state index >= 15 is 0 Å². The van der Waals surface area contributed by atoms with Gasteiger partial charge in [0.25, 0.3) is 5.78 Å². The molecule has 188 valence electrons. The van der Waals surface area contributed by atoms with Crippen LogP contribution in [0.5, 0.6) is 5.88 Å². The third-order valence-corrected chi connectivity index (χ3v) is 12.4. The first-order valence-electron chi connectivity index (χ1n) is 13.4. The van der Waals surface area contributed by atoms with Crippen LogP contribution in [0.4, 0.5) is 0 Å². The minimum absolute atomic E-state index is 0.0347. The molecular formula is C26H47N4OPS. The summed E-state index contributed by atoms with van der Waals surface area (Å²) in [6.07, 6.45) is 23.7. The highest BCUT2D eigenvalue weighted by atomic mass is 32.2. The number of aromatic nitrogens is 4. The lowest BCUT2D eigenvalue weighted by molar-refractivity contribution is -0.279. The quantitative estimate of drug-likeness (QED) is 0.221. The summed E-state index contributed by atoms with van der Waals surface area (Å²) in [6.45, 7) is 9.42. The number of unbranched alkanes of at least 4 members (excludes halogenated alkanes) is 4. The van der Waals surface area contributed by atoms with Gasteiger partial charge in [-0.05, 0) is 69.1 Å². The number of hydrogen-bond donors (Lipinski definition) is 0. The van der Waals surface area contributed by atoms with Gasteiger partial charge in [0.05, 0.1) is 24.6 Å². The van der Waals surface area contributed by atoms with Gasteiger partial charge in [-0.25, -0.2) is 9.50 Å². The molecule has 0 bridgehead atoms. The molecule has 0 aromatic carbocycles. The smallest absolute Gasteiger partial charge is 0.252 e. The van der Waals surface area contributed by atoms with Gasteiger partial charge in [-0.2, -0.15) is 4.98 Å². The van der Waals surface area contributed by atoms with E-state index in [0.717, 1.165) is 36.9 Å². The molecule has 0 unspecified atom stereocenters. The average Bonchev–Trinajstić information content (AvgIpc) is 3.27. The summed E-state index contributed by atoms with van der Waals surface area (Å²) >= 11 is 1.42. The second kappa shape index (κ2) is 15.2. The summed E-state index contributed by atoms with van der Waals surface area (Å²) in [5, 5.41) is 16.8. The Morgan fingerprint density at radius 1 is 0.818 bits per heavy atom. The molecule has 0 amide bonds. The Hall–Kier alpha value is -0.870. The second-order valence-corrected chi connectivity index (χ2v) is 14.8. The fraction of sp³-hybridized carbons (Fsp3) is 0.808. The van der Waals surface area contributed by atoms with E-state index in [0.29, 0.717) is 10.9 Å². The molecule has 5 nitrogen and oxygen atoms in total. The number of rotatable bonds is 13. The van der Waals surface area contributed by atoms with E-state index in [9.17, 15) is 5.11 Å². The summed E-state index contributed by atoms with van der Waals surface area (Å²) in [4.78, 5) is 8.63. The maximum absolute atomic E-state index is 12.1. The zero-order valence-corrected chi connectivity index (χ0v) is 23.6. The molecule has 0 N–H and O–H groups in total. The Bertz CT molecular complexity index is 789. The topological polar surface area (TPSA) is 66.1 Å². The Morgan fingerprint density at radius 2 is 1.33 bits per heavy atom.